The first-order valence-corrected chi connectivity index (χ1v) is 11.4. The molecule has 1 saturated heterocycles. The van der Waals surface area contributed by atoms with Gasteiger partial charge in [-0.15, -0.1) is 6.58 Å². The minimum atomic E-state index is -0.992. The van der Waals surface area contributed by atoms with Gasteiger partial charge in [-0.3, -0.25) is 9.59 Å². The molecule has 3 amide bonds. The Balaban J connectivity index is 1.71. The van der Waals surface area contributed by atoms with Crippen LogP contribution in [0.1, 0.15) is 59.3 Å². The number of aliphatic hydroxyl groups is 1. The van der Waals surface area contributed by atoms with Gasteiger partial charge in [0, 0.05) is 18.9 Å². The molecule has 0 aromatic carbocycles. The van der Waals surface area contributed by atoms with Crippen molar-refractivity contribution in [2.75, 3.05) is 6.54 Å². The zero-order valence-electron chi connectivity index (χ0n) is 19.1. The molecule has 0 spiro atoms. The predicted molar refractivity (Wildman–Crippen MR) is 116 cm³/mol. The molecule has 1 heterocycles. The second-order valence-electron chi connectivity index (χ2n) is 10.3. The second kappa shape index (κ2) is 9.21. The average Bonchev–Trinajstić information content (AvgIpc) is 3.03. The number of amides is 3. The molecule has 9 heteroatoms. The predicted octanol–water partition coefficient (Wildman–Crippen LogP) is 1.29. The zero-order valence-corrected chi connectivity index (χ0v) is 19.1. The quantitative estimate of drug-likeness (QED) is 0.397. The number of nitrogens with zero attached hydrogens (tertiary/aromatic N) is 1. The highest BCUT2D eigenvalue weighted by Crippen LogP contribution is 2.42. The molecule has 0 aromatic rings. The van der Waals surface area contributed by atoms with E-state index in [0.29, 0.717) is 12.7 Å². The summed E-state index contributed by atoms with van der Waals surface area (Å²) in [5, 5.41) is 15.6. The van der Waals surface area contributed by atoms with Crippen LogP contribution in [0.5, 0.6) is 0 Å². The summed E-state index contributed by atoms with van der Waals surface area (Å²) in [6.45, 7) is 9.09. The van der Waals surface area contributed by atoms with Crippen LogP contribution in [-0.2, 0) is 19.1 Å². The summed E-state index contributed by atoms with van der Waals surface area (Å²) < 4.78 is 5.46. The Hall–Kier alpha value is -2.42. The van der Waals surface area contributed by atoms with E-state index in [9.17, 15) is 24.3 Å². The fraction of sp³-hybridized carbons (Fsp3) is 0.739. The zero-order chi connectivity index (χ0) is 23.7. The highest BCUT2D eigenvalue weighted by atomic mass is 16.6. The average molecular weight is 450 g/mol. The summed E-state index contributed by atoms with van der Waals surface area (Å²) >= 11 is 0. The Morgan fingerprint density at radius 2 is 1.91 bits per heavy atom. The van der Waals surface area contributed by atoms with E-state index in [1.807, 2.05) is 20.8 Å². The van der Waals surface area contributed by atoms with E-state index < -0.39 is 47.0 Å². The lowest BCUT2D eigenvalue weighted by atomic mass is 9.85. The third-order valence-corrected chi connectivity index (χ3v) is 6.73. The Kier molecular flexibility index (Phi) is 6.97. The first-order chi connectivity index (χ1) is 15.0. The SMILES string of the molecule is C=C[C@@H]1C[C@@]1(C=O)NC(=O)[C@@H]1C[C@H](O)CN1C(=O)[C@@H](NC(=O)OC1CCCC1)C(C)(C)C. The Morgan fingerprint density at radius 3 is 2.44 bits per heavy atom. The third kappa shape index (κ3) is 5.14. The normalized spacial score (nSPS) is 31.0. The highest BCUT2D eigenvalue weighted by Gasteiger charge is 2.55. The number of nitrogens with one attached hydrogen (secondary N) is 2. The lowest BCUT2D eigenvalue weighted by molar-refractivity contribution is -0.142. The van der Waals surface area contributed by atoms with Crippen LogP contribution in [-0.4, -0.2) is 70.6 Å². The molecule has 0 bridgehead atoms. The second-order valence-corrected chi connectivity index (χ2v) is 10.3. The van der Waals surface area contributed by atoms with Crippen LogP contribution in [0.2, 0.25) is 0 Å². The molecule has 5 atom stereocenters. The first-order valence-electron chi connectivity index (χ1n) is 11.4. The van der Waals surface area contributed by atoms with Gasteiger partial charge in [0.2, 0.25) is 11.8 Å². The van der Waals surface area contributed by atoms with Crippen molar-refractivity contribution in [3.05, 3.63) is 12.7 Å². The number of ether oxygens (including phenoxy) is 1. The van der Waals surface area contributed by atoms with Crippen molar-refractivity contribution in [3.8, 4) is 0 Å². The Labute approximate surface area is 188 Å². The van der Waals surface area contributed by atoms with Crippen molar-refractivity contribution in [2.45, 2.75) is 89.1 Å². The van der Waals surface area contributed by atoms with Crippen molar-refractivity contribution in [2.24, 2.45) is 11.3 Å². The molecule has 3 rings (SSSR count). The minimum Gasteiger partial charge on any atom is -0.446 e. The van der Waals surface area contributed by atoms with Gasteiger partial charge in [-0.25, -0.2) is 4.79 Å². The molecule has 178 valence electrons. The number of carbonyl (C=O) groups is 4. The maximum atomic E-state index is 13.5. The van der Waals surface area contributed by atoms with Crippen LogP contribution >= 0.6 is 0 Å². The van der Waals surface area contributed by atoms with Crippen LogP contribution < -0.4 is 10.6 Å². The van der Waals surface area contributed by atoms with Crippen molar-refractivity contribution in [3.63, 3.8) is 0 Å². The molecular weight excluding hydrogens is 414 g/mol. The Morgan fingerprint density at radius 1 is 1.25 bits per heavy atom. The number of likely N-dealkylation sites (tertiary alicyclic amines) is 1. The Bertz CT molecular complexity index is 772. The van der Waals surface area contributed by atoms with E-state index in [2.05, 4.69) is 17.2 Å². The highest BCUT2D eigenvalue weighted by molar-refractivity contribution is 5.94. The molecule has 1 aliphatic heterocycles. The minimum absolute atomic E-state index is 0.0260. The van der Waals surface area contributed by atoms with Crippen LogP contribution in [0.4, 0.5) is 4.79 Å². The van der Waals surface area contributed by atoms with Gasteiger partial charge < -0.3 is 30.2 Å². The van der Waals surface area contributed by atoms with Crippen molar-refractivity contribution in [1.82, 2.24) is 15.5 Å². The molecule has 2 saturated carbocycles. The van der Waals surface area contributed by atoms with Gasteiger partial charge in [-0.05, 0) is 37.5 Å². The maximum absolute atomic E-state index is 13.5. The van der Waals surface area contributed by atoms with Crippen LogP contribution in [0.15, 0.2) is 12.7 Å². The summed E-state index contributed by atoms with van der Waals surface area (Å²) in [5.41, 5.74) is -1.65. The third-order valence-electron chi connectivity index (χ3n) is 6.73. The number of β-amino-alcohol motifs (C(OH)–C–C–N with tert-alkyl or cyclic N) is 1. The van der Waals surface area contributed by atoms with Gasteiger partial charge in [0.15, 0.2) is 0 Å². The van der Waals surface area contributed by atoms with E-state index in [-0.39, 0.29) is 25.0 Å². The van der Waals surface area contributed by atoms with Crippen LogP contribution in [0.25, 0.3) is 0 Å². The molecule has 3 aliphatic rings. The number of carbonyl (C=O) groups excluding carboxylic acids is 4. The first kappa shape index (κ1) is 24.2. The van der Waals surface area contributed by atoms with Crippen molar-refractivity contribution in [1.29, 1.82) is 0 Å². The fourth-order valence-corrected chi connectivity index (χ4v) is 4.65. The standard InChI is InChI=1S/C23H35N3O6/c1-5-14-11-23(14,13-27)25-19(29)17-10-15(28)12-26(17)20(30)18(22(2,3)4)24-21(31)32-16-8-6-7-9-16/h5,13-18,28H,1,6-12H2,2-4H3,(H,24,31)(H,25,29)/t14-,15+,17+,18-,23+/m1/s1. The van der Waals surface area contributed by atoms with Gasteiger partial charge in [0.05, 0.1) is 6.10 Å². The fourth-order valence-electron chi connectivity index (χ4n) is 4.65. The van der Waals surface area contributed by atoms with Crippen molar-refractivity contribution < 1.29 is 29.0 Å². The summed E-state index contributed by atoms with van der Waals surface area (Å²) in [7, 11) is 0. The molecule has 0 unspecified atom stereocenters. The summed E-state index contributed by atoms with van der Waals surface area (Å²) in [5.74, 6) is -1.10. The van der Waals surface area contributed by atoms with Crippen molar-refractivity contribution >= 4 is 24.2 Å². The largest absolute Gasteiger partial charge is 0.446 e. The van der Waals surface area contributed by atoms with Gasteiger partial charge in [0.25, 0.3) is 0 Å². The van der Waals surface area contributed by atoms with E-state index in [1.54, 1.807) is 6.08 Å². The molecule has 9 nitrogen and oxygen atoms in total. The maximum Gasteiger partial charge on any atom is 0.408 e. The topological polar surface area (TPSA) is 125 Å². The number of aldehydes is 1. The summed E-state index contributed by atoms with van der Waals surface area (Å²) in [6, 6.07) is -1.88. The molecule has 0 aromatic heterocycles. The van der Waals surface area contributed by atoms with Gasteiger partial charge in [0.1, 0.15) is 30.0 Å². The molecule has 3 N–H and O–H groups in total. The molecule has 32 heavy (non-hydrogen) atoms. The lowest BCUT2D eigenvalue weighted by Crippen LogP contribution is -2.58. The van der Waals surface area contributed by atoms with E-state index in [0.717, 1.165) is 25.7 Å². The number of alkyl carbamates (subject to hydrolysis) is 1. The van der Waals surface area contributed by atoms with Gasteiger partial charge >= 0.3 is 6.09 Å². The van der Waals surface area contributed by atoms with E-state index in [1.165, 1.54) is 4.90 Å². The number of rotatable bonds is 7. The smallest absolute Gasteiger partial charge is 0.408 e. The monoisotopic (exact) mass is 449 g/mol. The lowest BCUT2D eigenvalue weighted by Gasteiger charge is -2.35. The molecule has 2 aliphatic carbocycles. The van der Waals surface area contributed by atoms with Gasteiger partial charge in [-0.1, -0.05) is 26.8 Å². The molecular formula is C23H35N3O6. The van der Waals surface area contributed by atoms with Crippen LogP contribution in [0, 0.1) is 11.3 Å². The van der Waals surface area contributed by atoms with E-state index in [4.69, 9.17) is 4.74 Å². The number of hydrogen-bond acceptors (Lipinski definition) is 6. The molecule has 0 radical (unpaired) electrons. The van der Waals surface area contributed by atoms with Gasteiger partial charge in [-0.2, -0.15) is 0 Å². The summed E-state index contributed by atoms with van der Waals surface area (Å²) in [4.78, 5) is 51.8. The number of hydrogen-bond donors (Lipinski definition) is 3. The van der Waals surface area contributed by atoms with E-state index >= 15 is 0 Å². The van der Waals surface area contributed by atoms with Crippen LogP contribution in [0.3, 0.4) is 0 Å². The number of aliphatic hydroxyl groups excluding tert-OH is 1. The molecule has 3 fully saturated rings. The summed E-state index contributed by atoms with van der Waals surface area (Å²) in [6.07, 6.45) is 4.83.